The van der Waals surface area contributed by atoms with Crippen molar-refractivity contribution in [2.24, 2.45) is 0 Å². The molecule has 0 spiro atoms. The molecule has 0 bridgehead atoms. The minimum atomic E-state index is -0.411. The second-order valence-electron chi connectivity index (χ2n) is 12.0. The summed E-state index contributed by atoms with van der Waals surface area (Å²) >= 11 is 0. The lowest BCUT2D eigenvalue weighted by Gasteiger charge is -2.33. The van der Waals surface area contributed by atoms with Gasteiger partial charge in [-0.1, -0.05) is 48.6 Å². The van der Waals surface area contributed by atoms with Gasteiger partial charge in [-0.3, -0.25) is 0 Å². The Balaban J connectivity index is 1.38. The molecule has 1 heterocycles. The second kappa shape index (κ2) is 12.5. The highest BCUT2D eigenvalue weighted by Crippen LogP contribution is 2.42. The van der Waals surface area contributed by atoms with Gasteiger partial charge in [0.2, 0.25) is 0 Å². The van der Waals surface area contributed by atoms with Crippen molar-refractivity contribution in [2.45, 2.75) is 12.5 Å². The van der Waals surface area contributed by atoms with Gasteiger partial charge in [-0.05, 0) is 109 Å². The van der Waals surface area contributed by atoms with E-state index in [1.165, 1.54) is 42.5 Å². The zero-order valence-corrected chi connectivity index (χ0v) is 26.1. The summed E-state index contributed by atoms with van der Waals surface area (Å²) in [6.45, 7) is 0. The summed E-state index contributed by atoms with van der Waals surface area (Å²) in [5.74, 6) is -1.47. The van der Waals surface area contributed by atoms with Crippen molar-refractivity contribution in [3.8, 4) is 5.69 Å². The van der Waals surface area contributed by atoms with Gasteiger partial charge in [-0.25, -0.2) is 17.6 Å². The van der Waals surface area contributed by atoms with Crippen molar-refractivity contribution in [3.05, 3.63) is 181 Å². The Morgan fingerprint density at radius 1 is 0.510 bits per heavy atom. The third-order valence-corrected chi connectivity index (χ3v) is 8.85. The SMILES string of the molecule is FC1=CC=CC(N(c2cccc(F)c2)c2ccc3c(c2)c2cc(N(c4cccc(F)c4)c4cccc(F)c4)ccc2n3-c2ccccc2)C1. The van der Waals surface area contributed by atoms with Crippen LogP contribution in [0.1, 0.15) is 6.42 Å². The monoisotopic (exact) mass is 651 g/mol. The van der Waals surface area contributed by atoms with Crippen molar-refractivity contribution < 1.29 is 17.6 Å². The Bertz CT molecular complexity index is 2350. The summed E-state index contributed by atoms with van der Waals surface area (Å²) in [5.41, 5.74) is 5.93. The van der Waals surface area contributed by atoms with Crippen LogP contribution in [-0.4, -0.2) is 10.6 Å². The molecule has 0 aliphatic heterocycles. The van der Waals surface area contributed by atoms with Crippen LogP contribution in [0.5, 0.6) is 0 Å². The molecule has 0 saturated carbocycles. The molecule has 6 aromatic carbocycles. The maximum Gasteiger partial charge on any atom is 0.125 e. The lowest BCUT2D eigenvalue weighted by atomic mass is 10.0. The molecule has 1 aliphatic carbocycles. The molecule has 1 atom stereocenters. The number of aromatic nitrogens is 1. The fraction of sp³-hybridized carbons (Fsp3) is 0.0476. The quantitative estimate of drug-likeness (QED) is 0.159. The van der Waals surface area contributed by atoms with E-state index in [0.29, 0.717) is 22.7 Å². The van der Waals surface area contributed by atoms with Gasteiger partial charge < -0.3 is 14.4 Å². The highest BCUT2D eigenvalue weighted by molar-refractivity contribution is 6.12. The van der Waals surface area contributed by atoms with Crippen LogP contribution in [0.2, 0.25) is 0 Å². The molecule has 1 aliphatic rings. The number of hydrogen-bond donors (Lipinski definition) is 0. The van der Waals surface area contributed by atoms with E-state index in [1.54, 1.807) is 36.4 Å². The third kappa shape index (κ3) is 5.74. The molecule has 0 radical (unpaired) electrons. The Hall–Kier alpha value is -6.08. The van der Waals surface area contributed by atoms with E-state index in [-0.39, 0.29) is 18.1 Å². The van der Waals surface area contributed by atoms with E-state index in [1.807, 2.05) is 88.7 Å². The normalized spacial score (nSPS) is 14.3. The van der Waals surface area contributed by atoms with Crippen LogP contribution in [0.4, 0.5) is 46.0 Å². The van der Waals surface area contributed by atoms with E-state index in [2.05, 4.69) is 4.57 Å². The topological polar surface area (TPSA) is 11.4 Å². The number of hydrogen-bond acceptors (Lipinski definition) is 2. The minimum Gasteiger partial charge on any atom is -0.334 e. The first-order valence-corrected chi connectivity index (χ1v) is 16.0. The summed E-state index contributed by atoms with van der Waals surface area (Å²) in [5, 5.41) is 1.79. The Morgan fingerprint density at radius 3 is 1.61 bits per heavy atom. The van der Waals surface area contributed by atoms with Crippen LogP contribution < -0.4 is 9.80 Å². The molecule has 3 nitrogen and oxygen atoms in total. The molecule has 7 heteroatoms. The Morgan fingerprint density at radius 2 is 1.02 bits per heavy atom. The van der Waals surface area contributed by atoms with Crippen LogP contribution in [0.25, 0.3) is 27.5 Å². The van der Waals surface area contributed by atoms with Crippen LogP contribution in [0, 0.1) is 17.5 Å². The lowest BCUT2D eigenvalue weighted by Crippen LogP contribution is -2.30. The molecule has 8 rings (SSSR count). The number of halogens is 4. The molecular weight excluding hydrogens is 622 g/mol. The molecule has 49 heavy (non-hydrogen) atoms. The van der Waals surface area contributed by atoms with Crippen molar-refractivity contribution >= 4 is 50.2 Å². The van der Waals surface area contributed by atoms with Crippen molar-refractivity contribution in [1.29, 1.82) is 0 Å². The molecular formula is C42H29F4N3. The van der Waals surface area contributed by atoms with Crippen LogP contribution in [0.3, 0.4) is 0 Å². The van der Waals surface area contributed by atoms with Gasteiger partial charge >= 0.3 is 0 Å². The third-order valence-electron chi connectivity index (χ3n) is 8.85. The molecule has 7 aromatic rings. The van der Waals surface area contributed by atoms with Crippen LogP contribution in [-0.2, 0) is 0 Å². The summed E-state index contributed by atoms with van der Waals surface area (Å²) < 4.78 is 60.6. The summed E-state index contributed by atoms with van der Waals surface area (Å²) in [6, 6.07) is 40.3. The summed E-state index contributed by atoms with van der Waals surface area (Å²) in [4.78, 5) is 3.77. The molecule has 240 valence electrons. The zero-order valence-electron chi connectivity index (χ0n) is 26.1. The molecule has 0 N–H and O–H groups in total. The number of fused-ring (bicyclic) bond motifs is 3. The van der Waals surface area contributed by atoms with E-state index in [0.717, 1.165) is 33.2 Å². The van der Waals surface area contributed by atoms with Crippen molar-refractivity contribution in [2.75, 3.05) is 9.80 Å². The number of rotatable bonds is 7. The maximum atomic E-state index is 14.7. The van der Waals surface area contributed by atoms with Gasteiger partial charge in [0.15, 0.2) is 0 Å². The average molecular weight is 652 g/mol. The summed E-state index contributed by atoms with van der Waals surface area (Å²) in [7, 11) is 0. The van der Waals surface area contributed by atoms with Crippen LogP contribution in [0.15, 0.2) is 164 Å². The first-order valence-electron chi connectivity index (χ1n) is 16.0. The largest absolute Gasteiger partial charge is 0.334 e. The number of allylic oxidation sites excluding steroid dienone is 2. The van der Waals surface area contributed by atoms with Gasteiger partial charge in [0.05, 0.1) is 17.1 Å². The van der Waals surface area contributed by atoms with Gasteiger partial charge in [-0.2, -0.15) is 0 Å². The second-order valence-corrected chi connectivity index (χ2v) is 12.0. The highest BCUT2D eigenvalue weighted by Gasteiger charge is 2.24. The van der Waals surface area contributed by atoms with E-state index in [4.69, 9.17) is 0 Å². The molecule has 0 fully saturated rings. The minimum absolute atomic E-state index is 0.136. The Kier molecular flexibility index (Phi) is 7.72. The van der Waals surface area contributed by atoms with Gasteiger partial charge in [-0.15, -0.1) is 0 Å². The van der Waals surface area contributed by atoms with Gasteiger partial charge in [0.1, 0.15) is 23.3 Å². The standard InChI is InChI=1S/C42H29F4N3/c43-28-8-4-14-33(22-28)47(34-15-5-9-29(44)23-34)37-18-20-41-39(26-37)40-27-38(19-21-42(40)49(41)32-12-2-1-3-13-32)48(35-16-6-10-30(45)24-35)36-17-7-11-31(46)25-36/h1-24,26-27,36H,25H2. The number of anilines is 5. The van der Waals surface area contributed by atoms with E-state index in [9.17, 15) is 17.6 Å². The number of nitrogens with zero attached hydrogens (tertiary/aromatic N) is 3. The predicted octanol–water partition coefficient (Wildman–Crippen LogP) is 12.0. The average Bonchev–Trinajstić information content (AvgIpc) is 3.42. The van der Waals surface area contributed by atoms with Gasteiger partial charge in [0.25, 0.3) is 0 Å². The first kappa shape index (κ1) is 30.3. The van der Waals surface area contributed by atoms with Crippen molar-refractivity contribution in [3.63, 3.8) is 0 Å². The molecule has 1 aromatic heterocycles. The zero-order chi connectivity index (χ0) is 33.5. The fourth-order valence-corrected chi connectivity index (χ4v) is 6.78. The van der Waals surface area contributed by atoms with Crippen molar-refractivity contribution in [1.82, 2.24) is 4.57 Å². The highest BCUT2D eigenvalue weighted by atomic mass is 19.1. The number of para-hydroxylation sites is 1. The van der Waals surface area contributed by atoms with Gasteiger partial charge in [0, 0.05) is 51.3 Å². The molecule has 1 unspecified atom stereocenters. The lowest BCUT2D eigenvalue weighted by molar-refractivity contribution is 0.558. The predicted molar refractivity (Wildman–Crippen MR) is 191 cm³/mol. The molecule has 0 saturated heterocycles. The van der Waals surface area contributed by atoms with E-state index >= 15 is 0 Å². The van der Waals surface area contributed by atoms with Crippen LogP contribution >= 0.6 is 0 Å². The smallest absolute Gasteiger partial charge is 0.125 e. The van der Waals surface area contributed by atoms with E-state index < -0.39 is 17.7 Å². The summed E-state index contributed by atoms with van der Waals surface area (Å²) in [6.07, 6.45) is 5.19. The maximum absolute atomic E-state index is 14.7. The fourth-order valence-electron chi connectivity index (χ4n) is 6.78. The number of benzene rings is 6. The molecule has 0 amide bonds. The Labute approximate surface area is 280 Å². The first-order chi connectivity index (χ1) is 23.9.